The van der Waals surface area contributed by atoms with E-state index in [2.05, 4.69) is 34.2 Å². The van der Waals surface area contributed by atoms with Crippen LogP contribution in [0.15, 0.2) is 22.7 Å². The van der Waals surface area contributed by atoms with Crippen molar-refractivity contribution in [2.75, 3.05) is 11.9 Å². The summed E-state index contributed by atoms with van der Waals surface area (Å²) in [5, 5.41) is 22.8. The van der Waals surface area contributed by atoms with Gasteiger partial charge in [-0.1, -0.05) is 13.3 Å². The van der Waals surface area contributed by atoms with Gasteiger partial charge in [-0.3, -0.25) is 0 Å². The van der Waals surface area contributed by atoms with E-state index in [1.165, 1.54) is 6.42 Å². The molecule has 1 fully saturated rings. The third-order valence-corrected chi connectivity index (χ3v) is 4.98. The van der Waals surface area contributed by atoms with Crippen molar-refractivity contribution >= 4 is 21.6 Å². The molecule has 3 nitrogen and oxygen atoms in total. The van der Waals surface area contributed by atoms with Gasteiger partial charge in [0.05, 0.1) is 11.2 Å². The zero-order valence-corrected chi connectivity index (χ0v) is 13.4. The second kappa shape index (κ2) is 6.60. The lowest BCUT2D eigenvalue weighted by molar-refractivity contribution is 0.00229. The summed E-state index contributed by atoms with van der Waals surface area (Å²) in [5.41, 5.74) is 0.964. The third kappa shape index (κ3) is 3.74. The Bertz CT molecular complexity index is 502. The van der Waals surface area contributed by atoms with Gasteiger partial charge in [-0.05, 0) is 65.7 Å². The van der Waals surface area contributed by atoms with Crippen LogP contribution in [0, 0.1) is 17.2 Å². The molecule has 0 aliphatic heterocycles. The summed E-state index contributed by atoms with van der Waals surface area (Å²) in [6.07, 6.45) is 5.19. The molecule has 1 aromatic carbocycles. The number of benzene rings is 1. The van der Waals surface area contributed by atoms with Gasteiger partial charge in [-0.2, -0.15) is 5.26 Å². The van der Waals surface area contributed by atoms with Crippen molar-refractivity contribution in [2.45, 2.75) is 44.6 Å². The van der Waals surface area contributed by atoms with Crippen LogP contribution in [-0.4, -0.2) is 17.3 Å². The van der Waals surface area contributed by atoms with E-state index >= 15 is 0 Å². The van der Waals surface area contributed by atoms with Gasteiger partial charge in [0.2, 0.25) is 0 Å². The SMILES string of the molecule is CCC1CCC(O)(CNc2ccc(C#N)c(Br)c2)CC1. The number of nitrogens with zero attached hydrogens (tertiary/aromatic N) is 1. The van der Waals surface area contributed by atoms with Crippen LogP contribution in [0.25, 0.3) is 0 Å². The van der Waals surface area contributed by atoms with Crippen molar-refractivity contribution in [3.63, 3.8) is 0 Å². The van der Waals surface area contributed by atoms with Crippen molar-refractivity contribution < 1.29 is 5.11 Å². The number of rotatable bonds is 4. The van der Waals surface area contributed by atoms with E-state index in [-0.39, 0.29) is 0 Å². The molecule has 0 atom stereocenters. The van der Waals surface area contributed by atoms with E-state index < -0.39 is 5.60 Å². The second-order valence-electron chi connectivity index (χ2n) is 5.74. The molecule has 1 aliphatic rings. The smallest absolute Gasteiger partial charge is 0.100 e. The normalized spacial score (nSPS) is 26.0. The summed E-state index contributed by atoms with van der Waals surface area (Å²) in [4.78, 5) is 0. The number of nitriles is 1. The molecule has 20 heavy (non-hydrogen) atoms. The van der Waals surface area contributed by atoms with Crippen LogP contribution in [-0.2, 0) is 0 Å². The predicted molar refractivity (Wildman–Crippen MR) is 84.5 cm³/mol. The number of anilines is 1. The monoisotopic (exact) mass is 336 g/mol. The lowest BCUT2D eigenvalue weighted by atomic mass is 9.78. The number of aliphatic hydroxyl groups is 1. The minimum absolute atomic E-state index is 0.571. The molecule has 1 saturated carbocycles. The predicted octanol–water partition coefficient (Wildman–Crippen LogP) is 4.06. The van der Waals surface area contributed by atoms with Crippen LogP contribution >= 0.6 is 15.9 Å². The fourth-order valence-corrected chi connectivity index (χ4v) is 3.25. The van der Waals surface area contributed by atoms with E-state index in [0.717, 1.165) is 41.8 Å². The number of hydrogen-bond acceptors (Lipinski definition) is 3. The first-order valence-electron chi connectivity index (χ1n) is 7.22. The summed E-state index contributed by atoms with van der Waals surface area (Å²) in [7, 11) is 0. The maximum Gasteiger partial charge on any atom is 0.100 e. The first-order chi connectivity index (χ1) is 9.56. The molecule has 0 bridgehead atoms. The molecule has 0 heterocycles. The molecule has 1 aromatic rings. The van der Waals surface area contributed by atoms with E-state index in [9.17, 15) is 5.11 Å². The highest BCUT2D eigenvalue weighted by molar-refractivity contribution is 9.10. The molecule has 0 radical (unpaired) electrons. The summed E-state index contributed by atoms with van der Waals surface area (Å²) in [5.74, 6) is 0.777. The lowest BCUT2D eigenvalue weighted by Gasteiger charge is -2.36. The van der Waals surface area contributed by atoms with Crippen LogP contribution in [0.3, 0.4) is 0 Å². The maximum atomic E-state index is 10.6. The van der Waals surface area contributed by atoms with Crippen LogP contribution in [0.1, 0.15) is 44.6 Å². The highest BCUT2D eigenvalue weighted by Gasteiger charge is 2.32. The van der Waals surface area contributed by atoms with E-state index in [1.807, 2.05) is 12.1 Å². The molecule has 0 spiro atoms. The Morgan fingerprint density at radius 1 is 1.45 bits per heavy atom. The molecule has 2 N–H and O–H groups in total. The molecule has 1 aliphatic carbocycles. The highest BCUT2D eigenvalue weighted by atomic mass is 79.9. The van der Waals surface area contributed by atoms with Gasteiger partial charge >= 0.3 is 0 Å². The third-order valence-electron chi connectivity index (χ3n) is 4.32. The number of hydrogen-bond donors (Lipinski definition) is 2. The number of halogens is 1. The molecule has 0 aromatic heterocycles. The summed E-state index contributed by atoms with van der Waals surface area (Å²) < 4.78 is 0.784. The van der Waals surface area contributed by atoms with E-state index in [1.54, 1.807) is 6.07 Å². The molecular formula is C16H21BrN2O. The largest absolute Gasteiger partial charge is 0.388 e. The zero-order chi connectivity index (χ0) is 14.6. The minimum atomic E-state index is -0.591. The average Bonchev–Trinajstić information content (AvgIpc) is 2.46. The van der Waals surface area contributed by atoms with Gasteiger partial charge in [0.25, 0.3) is 0 Å². The molecule has 0 amide bonds. The Kier molecular flexibility index (Phi) is 5.06. The van der Waals surface area contributed by atoms with Crippen molar-refractivity contribution in [2.24, 2.45) is 5.92 Å². The maximum absolute atomic E-state index is 10.6. The molecule has 4 heteroatoms. The summed E-state index contributed by atoms with van der Waals surface area (Å²) >= 11 is 3.38. The fourth-order valence-electron chi connectivity index (χ4n) is 2.78. The zero-order valence-electron chi connectivity index (χ0n) is 11.8. The molecule has 108 valence electrons. The van der Waals surface area contributed by atoms with Crippen molar-refractivity contribution in [3.8, 4) is 6.07 Å². The van der Waals surface area contributed by atoms with Gasteiger partial charge in [-0.15, -0.1) is 0 Å². The molecule has 0 saturated heterocycles. The minimum Gasteiger partial charge on any atom is -0.388 e. The molecule has 0 unspecified atom stereocenters. The Morgan fingerprint density at radius 3 is 2.70 bits per heavy atom. The summed E-state index contributed by atoms with van der Waals surface area (Å²) in [6.45, 7) is 2.79. The van der Waals surface area contributed by atoms with Crippen LogP contribution in [0.2, 0.25) is 0 Å². The van der Waals surface area contributed by atoms with Crippen LogP contribution < -0.4 is 5.32 Å². The van der Waals surface area contributed by atoms with Crippen LogP contribution in [0.4, 0.5) is 5.69 Å². The van der Waals surface area contributed by atoms with Gasteiger partial charge in [0, 0.05) is 16.7 Å². The van der Waals surface area contributed by atoms with Crippen molar-refractivity contribution in [3.05, 3.63) is 28.2 Å². The first kappa shape index (κ1) is 15.3. The van der Waals surface area contributed by atoms with Gasteiger partial charge in [0.15, 0.2) is 0 Å². The average molecular weight is 337 g/mol. The Hall–Kier alpha value is -1.05. The van der Waals surface area contributed by atoms with Crippen LogP contribution in [0.5, 0.6) is 0 Å². The van der Waals surface area contributed by atoms with E-state index in [4.69, 9.17) is 5.26 Å². The summed E-state index contributed by atoms with van der Waals surface area (Å²) in [6, 6.07) is 7.67. The Balaban J connectivity index is 1.92. The van der Waals surface area contributed by atoms with Crippen molar-refractivity contribution in [1.82, 2.24) is 0 Å². The number of nitrogens with one attached hydrogen (secondary N) is 1. The van der Waals surface area contributed by atoms with E-state index in [0.29, 0.717) is 12.1 Å². The quantitative estimate of drug-likeness (QED) is 0.871. The topological polar surface area (TPSA) is 56.0 Å². The standard InChI is InChI=1S/C16H21BrN2O/c1-2-12-5-7-16(20,8-6-12)11-19-14-4-3-13(10-18)15(17)9-14/h3-4,9,12,19-20H,2,5-8,11H2,1H3. The second-order valence-corrected chi connectivity index (χ2v) is 6.59. The highest BCUT2D eigenvalue weighted by Crippen LogP contribution is 2.34. The Labute approximate surface area is 129 Å². The molecule has 2 rings (SSSR count). The Morgan fingerprint density at radius 2 is 2.15 bits per heavy atom. The van der Waals surface area contributed by atoms with Crippen molar-refractivity contribution in [1.29, 1.82) is 5.26 Å². The first-order valence-corrected chi connectivity index (χ1v) is 8.01. The van der Waals surface area contributed by atoms with Gasteiger partial charge < -0.3 is 10.4 Å². The molecular weight excluding hydrogens is 316 g/mol. The van der Waals surface area contributed by atoms with Gasteiger partial charge in [0.1, 0.15) is 6.07 Å². The fraction of sp³-hybridized carbons (Fsp3) is 0.562. The van der Waals surface area contributed by atoms with Gasteiger partial charge in [-0.25, -0.2) is 0 Å². The lowest BCUT2D eigenvalue weighted by Crippen LogP contribution is -2.40.